The van der Waals surface area contributed by atoms with Gasteiger partial charge in [-0.05, 0) is 36.1 Å². The summed E-state index contributed by atoms with van der Waals surface area (Å²) < 4.78 is 0. The maximum Gasteiger partial charge on any atom is 0.101 e. The van der Waals surface area contributed by atoms with E-state index >= 15 is 0 Å². The average molecular weight is 285 g/mol. The van der Waals surface area contributed by atoms with Gasteiger partial charge in [0.25, 0.3) is 0 Å². The summed E-state index contributed by atoms with van der Waals surface area (Å²) in [4.78, 5) is 0. The zero-order valence-electron chi connectivity index (χ0n) is 11.4. The molecule has 1 N–H and O–H groups in total. The highest BCUT2D eigenvalue weighted by Crippen LogP contribution is 2.21. The molecule has 0 bridgehead atoms. The lowest BCUT2D eigenvalue weighted by molar-refractivity contribution is 0.706. The van der Waals surface area contributed by atoms with Crippen LogP contribution in [-0.4, -0.2) is 6.54 Å². The summed E-state index contributed by atoms with van der Waals surface area (Å²) in [7, 11) is 0. The molecule has 0 spiro atoms. The van der Waals surface area contributed by atoms with E-state index in [1.165, 1.54) is 5.56 Å². The van der Waals surface area contributed by atoms with Crippen LogP contribution >= 0.6 is 11.6 Å². The van der Waals surface area contributed by atoms with Crippen LogP contribution in [0.3, 0.4) is 0 Å². The van der Waals surface area contributed by atoms with Crippen molar-refractivity contribution >= 4 is 17.3 Å². The molecule has 2 nitrogen and oxygen atoms in total. The van der Waals surface area contributed by atoms with E-state index < -0.39 is 0 Å². The first-order valence-corrected chi connectivity index (χ1v) is 7.07. The van der Waals surface area contributed by atoms with Crippen molar-refractivity contribution in [2.24, 2.45) is 0 Å². The van der Waals surface area contributed by atoms with E-state index in [4.69, 9.17) is 16.9 Å². The minimum absolute atomic E-state index is 0.496. The molecule has 2 aromatic rings. The first-order valence-electron chi connectivity index (χ1n) is 6.69. The fraction of sp³-hybridized carbons (Fsp3) is 0.235. The summed E-state index contributed by atoms with van der Waals surface area (Å²) in [5.41, 5.74) is 2.79. The van der Waals surface area contributed by atoms with Crippen LogP contribution < -0.4 is 5.32 Å². The fourth-order valence-electron chi connectivity index (χ4n) is 2.10. The number of nitriles is 1. The fourth-order valence-corrected chi connectivity index (χ4v) is 2.26. The number of benzene rings is 2. The van der Waals surface area contributed by atoms with E-state index in [1.54, 1.807) is 12.1 Å². The molecule has 0 fully saturated rings. The predicted molar refractivity (Wildman–Crippen MR) is 84.1 cm³/mol. The van der Waals surface area contributed by atoms with Crippen molar-refractivity contribution in [1.29, 1.82) is 5.26 Å². The number of rotatable bonds is 5. The highest BCUT2D eigenvalue weighted by molar-refractivity contribution is 6.31. The lowest BCUT2D eigenvalue weighted by Crippen LogP contribution is -2.06. The number of nitrogens with zero attached hydrogens (tertiary/aromatic N) is 1. The van der Waals surface area contributed by atoms with Gasteiger partial charge in [-0.15, -0.1) is 0 Å². The molecule has 2 aromatic carbocycles. The molecule has 1 unspecified atom stereocenters. The third kappa shape index (κ3) is 3.76. The van der Waals surface area contributed by atoms with Crippen LogP contribution in [0.1, 0.15) is 30.4 Å². The Labute approximate surface area is 125 Å². The second-order valence-corrected chi connectivity index (χ2v) is 5.24. The van der Waals surface area contributed by atoms with Crippen molar-refractivity contribution in [1.82, 2.24) is 0 Å². The number of nitrogens with one attached hydrogen (secondary N) is 1. The Balaban J connectivity index is 1.89. The van der Waals surface area contributed by atoms with Gasteiger partial charge in [-0.25, -0.2) is 0 Å². The first-order chi connectivity index (χ1) is 9.70. The molecular formula is C17H17ClN2. The van der Waals surface area contributed by atoms with E-state index in [0.29, 0.717) is 16.5 Å². The van der Waals surface area contributed by atoms with Gasteiger partial charge in [0.2, 0.25) is 0 Å². The Morgan fingerprint density at radius 3 is 2.65 bits per heavy atom. The monoisotopic (exact) mass is 284 g/mol. The van der Waals surface area contributed by atoms with Crippen molar-refractivity contribution in [2.45, 2.75) is 19.3 Å². The van der Waals surface area contributed by atoms with E-state index in [9.17, 15) is 0 Å². The molecule has 0 amide bonds. The number of hydrogen-bond donors (Lipinski definition) is 1. The van der Waals surface area contributed by atoms with Gasteiger partial charge in [-0.2, -0.15) is 5.26 Å². The van der Waals surface area contributed by atoms with Crippen molar-refractivity contribution in [3.63, 3.8) is 0 Å². The Hall–Kier alpha value is -1.98. The maximum absolute atomic E-state index is 8.94. The van der Waals surface area contributed by atoms with Gasteiger partial charge in [0.15, 0.2) is 0 Å². The van der Waals surface area contributed by atoms with Crippen LogP contribution in [0.25, 0.3) is 0 Å². The molecule has 3 heteroatoms. The van der Waals surface area contributed by atoms with E-state index in [2.05, 4.69) is 42.6 Å². The number of hydrogen-bond acceptors (Lipinski definition) is 2. The third-order valence-electron chi connectivity index (χ3n) is 3.36. The molecule has 0 aromatic heterocycles. The van der Waals surface area contributed by atoms with E-state index in [-0.39, 0.29) is 0 Å². The Morgan fingerprint density at radius 1 is 1.20 bits per heavy atom. The quantitative estimate of drug-likeness (QED) is 0.854. The summed E-state index contributed by atoms with van der Waals surface area (Å²) >= 11 is 5.91. The molecule has 0 radical (unpaired) electrons. The van der Waals surface area contributed by atoms with E-state index in [1.807, 2.05) is 12.1 Å². The molecule has 0 saturated carbocycles. The second-order valence-electron chi connectivity index (χ2n) is 4.83. The number of halogens is 1. The van der Waals surface area contributed by atoms with Crippen LogP contribution in [0.4, 0.5) is 5.69 Å². The highest BCUT2D eigenvalue weighted by atomic mass is 35.5. The largest absolute Gasteiger partial charge is 0.385 e. The van der Waals surface area contributed by atoms with E-state index in [0.717, 1.165) is 18.7 Å². The lowest BCUT2D eigenvalue weighted by Gasteiger charge is -2.13. The Morgan fingerprint density at radius 2 is 1.95 bits per heavy atom. The molecular weight excluding hydrogens is 268 g/mol. The van der Waals surface area contributed by atoms with Crippen LogP contribution in [0.2, 0.25) is 5.02 Å². The predicted octanol–water partition coefficient (Wildman–Crippen LogP) is 4.82. The van der Waals surface area contributed by atoms with Crippen molar-refractivity contribution in [2.75, 3.05) is 11.9 Å². The Bertz CT molecular complexity index is 602. The van der Waals surface area contributed by atoms with Crippen molar-refractivity contribution < 1.29 is 0 Å². The van der Waals surface area contributed by atoms with Gasteiger partial charge in [-0.3, -0.25) is 0 Å². The molecule has 2 rings (SSSR count). The van der Waals surface area contributed by atoms with Crippen LogP contribution in [0.5, 0.6) is 0 Å². The first kappa shape index (κ1) is 14.4. The lowest BCUT2D eigenvalue weighted by atomic mass is 9.98. The molecule has 0 aliphatic carbocycles. The van der Waals surface area contributed by atoms with Gasteiger partial charge >= 0.3 is 0 Å². The molecule has 1 atom stereocenters. The van der Waals surface area contributed by atoms with Crippen LogP contribution in [0.15, 0.2) is 48.5 Å². The van der Waals surface area contributed by atoms with Crippen molar-refractivity contribution in [3.05, 3.63) is 64.7 Å². The minimum atomic E-state index is 0.496. The zero-order chi connectivity index (χ0) is 14.4. The van der Waals surface area contributed by atoms with Crippen LogP contribution in [0, 0.1) is 11.3 Å². The van der Waals surface area contributed by atoms with Crippen LogP contribution in [-0.2, 0) is 0 Å². The van der Waals surface area contributed by atoms with Gasteiger partial charge in [-0.1, -0.05) is 48.9 Å². The average Bonchev–Trinajstić information content (AvgIpc) is 2.49. The maximum atomic E-state index is 8.94. The molecule has 0 heterocycles. The van der Waals surface area contributed by atoms with Gasteiger partial charge < -0.3 is 5.32 Å². The molecule has 20 heavy (non-hydrogen) atoms. The second kappa shape index (κ2) is 6.98. The van der Waals surface area contributed by atoms with Gasteiger partial charge in [0.05, 0.1) is 10.6 Å². The molecule has 0 saturated heterocycles. The molecule has 0 aliphatic rings. The topological polar surface area (TPSA) is 35.8 Å². The summed E-state index contributed by atoms with van der Waals surface area (Å²) in [6.07, 6.45) is 1.04. The number of anilines is 1. The third-order valence-corrected chi connectivity index (χ3v) is 3.69. The molecule has 102 valence electrons. The van der Waals surface area contributed by atoms with Gasteiger partial charge in [0, 0.05) is 12.2 Å². The molecule has 0 aliphatic heterocycles. The Kier molecular flexibility index (Phi) is 5.03. The van der Waals surface area contributed by atoms with Gasteiger partial charge in [0.1, 0.15) is 6.07 Å². The summed E-state index contributed by atoms with van der Waals surface area (Å²) in [5, 5.41) is 12.8. The summed E-state index contributed by atoms with van der Waals surface area (Å²) in [5.74, 6) is 0.506. The summed E-state index contributed by atoms with van der Waals surface area (Å²) in [6, 6.07) is 18.0. The summed E-state index contributed by atoms with van der Waals surface area (Å²) in [6.45, 7) is 3.09. The zero-order valence-corrected chi connectivity index (χ0v) is 12.2. The normalized spacial score (nSPS) is 11.7. The smallest absolute Gasteiger partial charge is 0.101 e. The minimum Gasteiger partial charge on any atom is -0.385 e. The highest BCUT2D eigenvalue weighted by Gasteiger charge is 2.05. The van der Waals surface area contributed by atoms with Crippen molar-refractivity contribution in [3.8, 4) is 6.07 Å². The standard InChI is InChI=1S/C17H17ClN2/c1-13(14-5-3-2-4-6-14)9-10-20-16-7-8-17(18)15(11-16)12-19/h2-8,11,13,20H,9-10H2,1H3. The SMILES string of the molecule is CC(CCNc1ccc(Cl)c(C#N)c1)c1ccccc1.